The van der Waals surface area contributed by atoms with E-state index in [9.17, 15) is 0 Å². The van der Waals surface area contributed by atoms with Crippen LogP contribution in [0.5, 0.6) is 0 Å². The van der Waals surface area contributed by atoms with Crippen LogP contribution >= 0.6 is 33.8 Å². The van der Waals surface area contributed by atoms with Gasteiger partial charge < -0.3 is 0 Å². The zero-order valence-electron chi connectivity index (χ0n) is 9.49. The lowest BCUT2D eigenvalue weighted by molar-refractivity contribution is 0.573. The van der Waals surface area contributed by atoms with Gasteiger partial charge in [0.15, 0.2) is 0 Å². The largest absolute Gasteiger partial charge is 0.237 e. The number of hydrogen-bond acceptors (Lipinski definition) is 0. The summed E-state index contributed by atoms with van der Waals surface area (Å²) in [5.41, 5.74) is 0. The van der Waals surface area contributed by atoms with Gasteiger partial charge in [-0.05, 0) is 12.5 Å². The Morgan fingerprint density at radius 2 is 1.00 bits per heavy atom. The molecule has 0 saturated heterocycles. The van der Waals surface area contributed by atoms with Crippen LogP contribution in [-0.4, -0.2) is 13.3 Å². The van der Waals surface area contributed by atoms with E-state index >= 15 is 0 Å². The molecule has 0 aliphatic heterocycles. The van der Waals surface area contributed by atoms with Crippen LogP contribution in [0.2, 0.25) is 6.04 Å². The summed E-state index contributed by atoms with van der Waals surface area (Å²) in [6.45, 7) is 0. The summed E-state index contributed by atoms with van der Waals surface area (Å²) in [6.07, 6.45) is 11.9. The third kappa shape index (κ3) is 15.1. The summed E-state index contributed by atoms with van der Waals surface area (Å²) in [4.78, 5) is 0. The summed E-state index contributed by atoms with van der Waals surface area (Å²) in [5, 5.41) is 0. The minimum absolute atomic E-state index is 0.821. The van der Waals surface area contributed by atoms with Crippen molar-refractivity contribution in [1.82, 2.24) is 0 Å². The highest BCUT2D eigenvalue weighted by Gasteiger charge is 2.00. The molecule has 0 radical (unpaired) electrons. The van der Waals surface area contributed by atoms with E-state index in [2.05, 4.69) is 0 Å². The third-order valence-electron chi connectivity index (χ3n) is 2.56. The molecule has 0 aliphatic rings. The van der Waals surface area contributed by atoms with E-state index in [1.807, 2.05) is 0 Å². The topological polar surface area (TPSA) is 0 Å². The summed E-state index contributed by atoms with van der Waals surface area (Å²) >= 11 is 17.2. The van der Waals surface area contributed by atoms with Crippen molar-refractivity contribution in [2.75, 3.05) is 5.88 Å². The van der Waals surface area contributed by atoms with Crippen molar-refractivity contribution in [3.63, 3.8) is 0 Å². The summed E-state index contributed by atoms with van der Waals surface area (Å²) < 4.78 is 0. The molecule has 0 atom stereocenters. The molecule has 0 N–H and O–H groups in total. The van der Waals surface area contributed by atoms with Gasteiger partial charge in [0, 0.05) is 5.88 Å². The molecule has 0 spiro atoms. The van der Waals surface area contributed by atoms with Crippen molar-refractivity contribution in [2.24, 2.45) is 0 Å². The van der Waals surface area contributed by atoms with Gasteiger partial charge in [0.05, 0.1) is 0 Å². The molecule has 0 unspecified atom stereocenters. The first kappa shape index (κ1) is 16.1. The lowest BCUT2D eigenvalue weighted by Crippen LogP contribution is -1.91. The zero-order valence-corrected chi connectivity index (χ0v) is 12.9. The van der Waals surface area contributed by atoms with E-state index in [0.29, 0.717) is 0 Å². The average Bonchev–Trinajstić information content (AvgIpc) is 2.20. The Hall–Kier alpha value is 1.09. The Morgan fingerprint density at radius 1 is 0.600 bits per heavy atom. The van der Waals surface area contributed by atoms with Gasteiger partial charge in [-0.1, -0.05) is 51.4 Å². The molecular weight excluding hydrogens is 267 g/mol. The van der Waals surface area contributed by atoms with Crippen molar-refractivity contribution >= 4 is 41.2 Å². The van der Waals surface area contributed by atoms with E-state index in [0.717, 1.165) is 11.9 Å². The standard InChI is InChI=1S/C11H23Cl3Si/c12-10-8-6-4-2-1-3-5-7-9-11-15(13)14/h15H,1-11H2. The predicted molar refractivity (Wildman–Crippen MR) is 75.9 cm³/mol. The first-order valence-corrected chi connectivity index (χ1v) is 11.0. The molecular formula is C11H23Cl3Si. The molecule has 0 bridgehead atoms. The Labute approximate surface area is 111 Å². The quantitative estimate of drug-likeness (QED) is 0.206. The van der Waals surface area contributed by atoms with E-state index in [4.69, 9.17) is 33.8 Å². The maximum Gasteiger partial charge on any atom is 0.237 e. The Morgan fingerprint density at radius 3 is 1.40 bits per heavy atom. The van der Waals surface area contributed by atoms with Crippen LogP contribution in [0.3, 0.4) is 0 Å². The lowest BCUT2D eigenvalue weighted by atomic mass is 10.1. The van der Waals surface area contributed by atoms with Gasteiger partial charge in [-0.3, -0.25) is 0 Å². The molecule has 0 rings (SSSR count). The predicted octanol–water partition coefficient (Wildman–Crippen LogP) is 5.43. The second kappa shape index (κ2) is 13.2. The van der Waals surface area contributed by atoms with Crippen LogP contribution in [0.4, 0.5) is 0 Å². The van der Waals surface area contributed by atoms with Gasteiger partial charge in [0.1, 0.15) is 0 Å². The number of unbranched alkanes of at least 4 members (excludes halogenated alkanes) is 8. The fourth-order valence-electron chi connectivity index (χ4n) is 1.63. The van der Waals surface area contributed by atoms with Gasteiger partial charge in [0.25, 0.3) is 0 Å². The van der Waals surface area contributed by atoms with Crippen LogP contribution in [0.1, 0.15) is 57.8 Å². The van der Waals surface area contributed by atoms with Crippen LogP contribution in [0, 0.1) is 0 Å². The molecule has 92 valence electrons. The highest BCUT2D eigenvalue weighted by molar-refractivity contribution is 7.33. The minimum Gasteiger partial charge on any atom is -0.150 e. The van der Waals surface area contributed by atoms with Gasteiger partial charge in [-0.2, -0.15) is 22.2 Å². The van der Waals surface area contributed by atoms with Crippen molar-refractivity contribution < 1.29 is 0 Å². The highest BCUT2D eigenvalue weighted by atomic mass is 35.7. The van der Waals surface area contributed by atoms with Crippen LogP contribution < -0.4 is 0 Å². The molecule has 0 aromatic rings. The zero-order chi connectivity index (χ0) is 11.4. The molecule has 0 aromatic heterocycles. The summed E-state index contributed by atoms with van der Waals surface area (Å²) in [5.74, 6) is 0.821. The number of rotatable bonds is 11. The minimum atomic E-state index is -1.32. The SMILES string of the molecule is ClCCCCCCCCCCC[SiH](Cl)Cl. The van der Waals surface area contributed by atoms with E-state index in [1.165, 1.54) is 57.8 Å². The fraction of sp³-hybridized carbons (Fsp3) is 1.00. The maximum atomic E-state index is 5.78. The van der Waals surface area contributed by atoms with E-state index in [1.54, 1.807) is 0 Å². The molecule has 0 aliphatic carbocycles. The van der Waals surface area contributed by atoms with Crippen LogP contribution in [0.15, 0.2) is 0 Å². The highest BCUT2D eigenvalue weighted by Crippen LogP contribution is 2.13. The number of halogens is 3. The van der Waals surface area contributed by atoms with E-state index < -0.39 is 7.42 Å². The molecule has 15 heavy (non-hydrogen) atoms. The third-order valence-corrected chi connectivity index (χ3v) is 4.98. The summed E-state index contributed by atoms with van der Waals surface area (Å²) in [6, 6.07) is 1.08. The van der Waals surface area contributed by atoms with Crippen LogP contribution in [-0.2, 0) is 0 Å². The van der Waals surface area contributed by atoms with E-state index in [-0.39, 0.29) is 0 Å². The molecule has 0 amide bonds. The van der Waals surface area contributed by atoms with Crippen molar-refractivity contribution in [1.29, 1.82) is 0 Å². The van der Waals surface area contributed by atoms with Crippen molar-refractivity contribution in [2.45, 2.75) is 63.8 Å². The van der Waals surface area contributed by atoms with Crippen molar-refractivity contribution in [3.05, 3.63) is 0 Å². The Kier molecular flexibility index (Phi) is 14.1. The average molecular weight is 290 g/mol. The molecule has 0 saturated carbocycles. The molecule has 0 fully saturated rings. The first-order valence-electron chi connectivity index (χ1n) is 6.11. The van der Waals surface area contributed by atoms with Crippen molar-refractivity contribution in [3.8, 4) is 0 Å². The van der Waals surface area contributed by atoms with Gasteiger partial charge >= 0.3 is 0 Å². The molecule has 4 heteroatoms. The maximum absolute atomic E-state index is 5.78. The van der Waals surface area contributed by atoms with Gasteiger partial charge in [-0.25, -0.2) is 0 Å². The Balaban J connectivity index is 2.87. The molecule has 0 nitrogen and oxygen atoms in total. The normalized spacial score (nSPS) is 11.2. The lowest BCUT2D eigenvalue weighted by Gasteiger charge is -2.02. The van der Waals surface area contributed by atoms with Gasteiger partial charge in [-0.15, -0.1) is 11.6 Å². The second-order valence-corrected chi connectivity index (χ2v) is 9.62. The summed E-state index contributed by atoms with van der Waals surface area (Å²) in [7, 11) is -1.32. The first-order chi connectivity index (χ1) is 7.27. The number of hydrogen-bond donors (Lipinski definition) is 0. The Bertz CT molecular complexity index is 120. The monoisotopic (exact) mass is 288 g/mol. The number of alkyl halides is 1. The van der Waals surface area contributed by atoms with Crippen LogP contribution in [0.25, 0.3) is 0 Å². The molecule has 0 aromatic carbocycles. The second-order valence-electron chi connectivity index (χ2n) is 4.05. The smallest absolute Gasteiger partial charge is 0.150 e. The van der Waals surface area contributed by atoms with Gasteiger partial charge in [0.2, 0.25) is 7.42 Å². The molecule has 0 heterocycles. The fourth-order valence-corrected chi connectivity index (χ4v) is 3.34.